The lowest BCUT2D eigenvalue weighted by molar-refractivity contribution is 0.0985. The molecule has 1 N–H and O–H groups in total. The molecule has 0 amide bonds. The van der Waals surface area contributed by atoms with Gasteiger partial charge in [-0.15, -0.1) is 0 Å². The Kier molecular flexibility index (Phi) is 8.24. The van der Waals surface area contributed by atoms with Gasteiger partial charge in [0.05, 0.1) is 6.07 Å². The van der Waals surface area contributed by atoms with Crippen LogP contribution in [0.5, 0.6) is 0 Å². The van der Waals surface area contributed by atoms with E-state index in [0.717, 1.165) is 32.4 Å². The predicted octanol–water partition coefficient (Wildman–Crippen LogP) is 2.46. The highest BCUT2D eigenvalue weighted by atomic mass is 15.3. The van der Waals surface area contributed by atoms with Crippen molar-refractivity contribution in [3.63, 3.8) is 0 Å². The molecule has 0 radical (unpaired) electrons. The van der Waals surface area contributed by atoms with Crippen molar-refractivity contribution in [2.45, 2.75) is 65.0 Å². The van der Waals surface area contributed by atoms with E-state index < -0.39 is 0 Å². The van der Waals surface area contributed by atoms with E-state index in [-0.39, 0.29) is 5.54 Å². The average molecular weight is 294 g/mol. The van der Waals surface area contributed by atoms with Crippen molar-refractivity contribution in [3.8, 4) is 6.07 Å². The molecule has 0 spiro atoms. The summed E-state index contributed by atoms with van der Waals surface area (Å²) < 4.78 is 0. The summed E-state index contributed by atoms with van der Waals surface area (Å²) in [5, 5.41) is 12.7. The molecule has 122 valence electrons. The zero-order chi connectivity index (χ0) is 15.7. The van der Waals surface area contributed by atoms with Gasteiger partial charge in [0.2, 0.25) is 0 Å². The van der Waals surface area contributed by atoms with Crippen LogP contribution in [0.3, 0.4) is 0 Å². The van der Waals surface area contributed by atoms with E-state index in [4.69, 9.17) is 0 Å². The fraction of sp³-hybridized carbons (Fsp3) is 0.941. The van der Waals surface area contributed by atoms with Crippen LogP contribution in [0.15, 0.2) is 0 Å². The second-order valence-electron chi connectivity index (χ2n) is 6.61. The van der Waals surface area contributed by atoms with Crippen molar-refractivity contribution >= 4 is 0 Å². The van der Waals surface area contributed by atoms with Gasteiger partial charge in [0.25, 0.3) is 0 Å². The van der Waals surface area contributed by atoms with Crippen LogP contribution in [0, 0.1) is 11.3 Å². The van der Waals surface area contributed by atoms with Crippen LogP contribution in [0.25, 0.3) is 0 Å². The summed E-state index contributed by atoms with van der Waals surface area (Å²) in [6.45, 7) is 15.6. The van der Waals surface area contributed by atoms with Crippen molar-refractivity contribution in [2.24, 2.45) is 0 Å². The zero-order valence-corrected chi connectivity index (χ0v) is 14.5. The van der Waals surface area contributed by atoms with Crippen molar-refractivity contribution in [2.75, 3.05) is 39.3 Å². The first-order chi connectivity index (χ1) is 10.0. The van der Waals surface area contributed by atoms with E-state index in [0.29, 0.717) is 6.04 Å². The second-order valence-corrected chi connectivity index (χ2v) is 6.61. The minimum atomic E-state index is -0.353. The van der Waals surface area contributed by atoms with Crippen molar-refractivity contribution in [3.05, 3.63) is 0 Å². The van der Waals surface area contributed by atoms with Crippen molar-refractivity contribution in [1.82, 2.24) is 15.1 Å². The minimum Gasteiger partial charge on any atom is -0.301 e. The smallest absolute Gasteiger partial charge is 0.103 e. The van der Waals surface area contributed by atoms with Crippen LogP contribution in [-0.2, 0) is 0 Å². The largest absolute Gasteiger partial charge is 0.301 e. The molecule has 1 aliphatic rings. The van der Waals surface area contributed by atoms with Gasteiger partial charge in [0.15, 0.2) is 0 Å². The second kappa shape index (κ2) is 9.40. The first kappa shape index (κ1) is 18.4. The molecule has 21 heavy (non-hydrogen) atoms. The van der Waals surface area contributed by atoms with Gasteiger partial charge >= 0.3 is 0 Å². The third-order valence-corrected chi connectivity index (χ3v) is 4.78. The zero-order valence-electron chi connectivity index (χ0n) is 14.5. The molecule has 2 unspecified atom stereocenters. The lowest BCUT2D eigenvalue weighted by Gasteiger charge is -2.38. The number of nitrogens with one attached hydrogen (secondary N) is 1. The SMILES string of the molecule is CCCNC(C)(C#N)CCCN1CCN(C(C)CC)CC1. The van der Waals surface area contributed by atoms with Gasteiger partial charge in [-0.2, -0.15) is 5.26 Å². The first-order valence-corrected chi connectivity index (χ1v) is 8.67. The number of piperazine rings is 1. The third-order valence-electron chi connectivity index (χ3n) is 4.78. The van der Waals surface area contributed by atoms with Gasteiger partial charge in [0, 0.05) is 32.2 Å². The van der Waals surface area contributed by atoms with E-state index in [1.807, 2.05) is 6.92 Å². The number of nitrogens with zero attached hydrogens (tertiary/aromatic N) is 3. The molecule has 1 aliphatic heterocycles. The molecule has 0 bridgehead atoms. The maximum Gasteiger partial charge on any atom is 0.103 e. The summed E-state index contributed by atoms with van der Waals surface area (Å²) in [6, 6.07) is 3.16. The van der Waals surface area contributed by atoms with Gasteiger partial charge in [0.1, 0.15) is 5.54 Å². The Balaban J connectivity index is 2.23. The van der Waals surface area contributed by atoms with Gasteiger partial charge in [-0.05, 0) is 52.6 Å². The van der Waals surface area contributed by atoms with Crippen molar-refractivity contribution in [1.29, 1.82) is 5.26 Å². The Hall–Kier alpha value is -0.630. The lowest BCUT2D eigenvalue weighted by atomic mass is 9.97. The molecule has 1 heterocycles. The Morgan fingerprint density at radius 2 is 1.90 bits per heavy atom. The molecule has 1 saturated heterocycles. The Morgan fingerprint density at radius 3 is 2.43 bits per heavy atom. The standard InChI is InChI=1S/C17H34N4/c1-5-9-19-17(4,15-18)8-7-10-20-11-13-21(14-12-20)16(3)6-2/h16,19H,5-14H2,1-4H3. The quantitative estimate of drug-likeness (QED) is 0.709. The van der Waals surface area contributed by atoms with Gasteiger partial charge in [-0.25, -0.2) is 0 Å². The van der Waals surface area contributed by atoms with E-state index in [2.05, 4.69) is 42.0 Å². The highest BCUT2D eigenvalue weighted by molar-refractivity contribution is 5.03. The van der Waals surface area contributed by atoms with E-state index in [1.165, 1.54) is 32.6 Å². The summed E-state index contributed by atoms with van der Waals surface area (Å²) in [6.07, 6.45) is 4.36. The fourth-order valence-corrected chi connectivity index (χ4v) is 2.93. The Bertz CT molecular complexity index is 317. The maximum absolute atomic E-state index is 9.34. The van der Waals surface area contributed by atoms with Crippen LogP contribution in [0.4, 0.5) is 0 Å². The molecule has 4 heteroatoms. The monoisotopic (exact) mass is 294 g/mol. The average Bonchev–Trinajstić information content (AvgIpc) is 2.53. The summed E-state index contributed by atoms with van der Waals surface area (Å²) in [5.41, 5.74) is -0.353. The van der Waals surface area contributed by atoms with Gasteiger partial charge < -0.3 is 4.90 Å². The number of nitriles is 1. The summed E-state index contributed by atoms with van der Waals surface area (Å²) in [7, 11) is 0. The van der Waals surface area contributed by atoms with Gasteiger partial charge in [-0.1, -0.05) is 13.8 Å². The Morgan fingerprint density at radius 1 is 1.24 bits per heavy atom. The molecule has 0 aromatic carbocycles. The molecule has 2 atom stereocenters. The van der Waals surface area contributed by atoms with E-state index >= 15 is 0 Å². The lowest BCUT2D eigenvalue weighted by Crippen LogP contribution is -2.50. The van der Waals surface area contributed by atoms with E-state index in [1.54, 1.807) is 0 Å². The first-order valence-electron chi connectivity index (χ1n) is 8.67. The van der Waals surface area contributed by atoms with Crippen LogP contribution >= 0.6 is 0 Å². The molecule has 1 fully saturated rings. The minimum absolute atomic E-state index is 0.353. The van der Waals surface area contributed by atoms with Crippen LogP contribution < -0.4 is 5.32 Å². The number of hydrogen-bond acceptors (Lipinski definition) is 4. The molecule has 0 saturated carbocycles. The van der Waals surface area contributed by atoms with Crippen LogP contribution in [-0.4, -0.2) is 60.6 Å². The third kappa shape index (κ3) is 6.34. The number of rotatable bonds is 9. The predicted molar refractivity (Wildman–Crippen MR) is 89.3 cm³/mol. The highest BCUT2D eigenvalue weighted by Gasteiger charge is 2.24. The molecule has 1 rings (SSSR count). The summed E-state index contributed by atoms with van der Waals surface area (Å²) in [5.74, 6) is 0. The fourth-order valence-electron chi connectivity index (χ4n) is 2.93. The maximum atomic E-state index is 9.34. The topological polar surface area (TPSA) is 42.3 Å². The van der Waals surface area contributed by atoms with Crippen LogP contribution in [0.1, 0.15) is 53.4 Å². The molecular weight excluding hydrogens is 260 g/mol. The van der Waals surface area contributed by atoms with Gasteiger partial charge in [-0.3, -0.25) is 10.2 Å². The summed E-state index contributed by atoms with van der Waals surface area (Å²) in [4.78, 5) is 5.15. The van der Waals surface area contributed by atoms with Crippen LogP contribution in [0.2, 0.25) is 0 Å². The molecule has 0 aliphatic carbocycles. The molecule has 0 aromatic rings. The highest BCUT2D eigenvalue weighted by Crippen LogP contribution is 2.14. The van der Waals surface area contributed by atoms with Crippen molar-refractivity contribution < 1.29 is 0 Å². The Labute approximate surface area is 131 Å². The molecular formula is C17H34N4. The normalized spacial score (nSPS) is 21.7. The molecule has 0 aromatic heterocycles. The number of hydrogen-bond donors (Lipinski definition) is 1. The summed E-state index contributed by atoms with van der Waals surface area (Å²) >= 11 is 0. The van der Waals surface area contributed by atoms with E-state index in [9.17, 15) is 5.26 Å². The molecule has 4 nitrogen and oxygen atoms in total.